The van der Waals surface area contributed by atoms with Crippen molar-refractivity contribution in [2.24, 2.45) is 5.92 Å². The molecule has 2 aliphatic rings. The summed E-state index contributed by atoms with van der Waals surface area (Å²) in [5.41, 5.74) is 2.74. The Hall–Kier alpha value is -3.05. The van der Waals surface area contributed by atoms with Crippen LogP contribution in [-0.4, -0.2) is 43.8 Å². The van der Waals surface area contributed by atoms with E-state index in [1.54, 1.807) is 104 Å². The van der Waals surface area contributed by atoms with E-state index in [1.807, 2.05) is 6.92 Å². The molecular formula is C34H32Cl2N2O5S2. The molecule has 2 aliphatic heterocycles. The van der Waals surface area contributed by atoms with Gasteiger partial charge in [0.25, 0.3) is 0 Å². The SMILES string of the molecule is Cc1ccc(S(=O)(=O)N2C[C@H]3C(=O)CC(c4ccc(Cl)cc4)N(S(=O)(=O)c4ccccc4C)[C@H]3C[C@H]2c2cccc(Cl)c2)cc1. The molecule has 45 heavy (non-hydrogen) atoms. The molecule has 4 atom stereocenters. The average Bonchev–Trinajstić information content (AvgIpc) is 3.01. The number of hydrogen-bond acceptors (Lipinski definition) is 5. The van der Waals surface area contributed by atoms with Crippen molar-refractivity contribution in [2.75, 3.05) is 6.54 Å². The van der Waals surface area contributed by atoms with Crippen LogP contribution in [0.2, 0.25) is 10.0 Å². The van der Waals surface area contributed by atoms with Gasteiger partial charge in [0.1, 0.15) is 5.78 Å². The smallest absolute Gasteiger partial charge is 0.244 e. The van der Waals surface area contributed by atoms with Gasteiger partial charge in [-0.15, -0.1) is 0 Å². The summed E-state index contributed by atoms with van der Waals surface area (Å²) in [5, 5.41) is 0.910. The molecule has 0 radical (unpaired) electrons. The van der Waals surface area contributed by atoms with Gasteiger partial charge in [0.2, 0.25) is 20.0 Å². The van der Waals surface area contributed by atoms with Gasteiger partial charge in [-0.05, 0) is 79.4 Å². The Labute approximate surface area is 274 Å². The molecular weight excluding hydrogens is 651 g/mol. The Morgan fingerprint density at radius 3 is 2.07 bits per heavy atom. The van der Waals surface area contributed by atoms with Crippen LogP contribution in [0.3, 0.4) is 0 Å². The van der Waals surface area contributed by atoms with Crippen molar-refractivity contribution in [1.82, 2.24) is 8.61 Å². The van der Waals surface area contributed by atoms with Crippen LogP contribution in [0.4, 0.5) is 0 Å². The minimum atomic E-state index is -4.16. The summed E-state index contributed by atoms with van der Waals surface area (Å²) in [6, 6.07) is 24.7. The highest BCUT2D eigenvalue weighted by Gasteiger charge is 2.54. The van der Waals surface area contributed by atoms with Gasteiger partial charge in [-0.25, -0.2) is 16.8 Å². The second-order valence-corrected chi connectivity index (χ2v) is 16.3. The monoisotopic (exact) mass is 682 g/mol. The van der Waals surface area contributed by atoms with Gasteiger partial charge in [-0.1, -0.05) is 83.4 Å². The Kier molecular flexibility index (Phi) is 8.71. The minimum absolute atomic E-state index is 0.0526. The van der Waals surface area contributed by atoms with E-state index in [4.69, 9.17) is 23.2 Å². The van der Waals surface area contributed by atoms with E-state index >= 15 is 0 Å². The lowest BCUT2D eigenvalue weighted by Gasteiger charge is -2.51. The lowest BCUT2D eigenvalue weighted by Crippen LogP contribution is -2.61. The van der Waals surface area contributed by atoms with Crippen molar-refractivity contribution in [3.8, 4) is 0 Å². The quantitative estimate of drug-likeness (QED) is 0.216. The summed E-state index contributed by atoms with van der Waals surface area (Å²) in [6.07, 6.45) is -0.0504. The third-order valence-electron chi connectivity index (χ3n) is 8.86. The highest BCUT2D eigenvalue weighted by molar-refractivity contribution is 7.89. The molecule has 7 nitrogen and oxygen atoms in total. The van der Waals surface area contributed by atoms with E-state index in [9.17, 15) is 21.6 Å². The summed E-state index contributed by atoms with van der Waals surface area (Å²) < 4.78 is 60.7. The van der Waals surface area contributed by atoms with Crippen LogP contribution in [0.5, 0.6) is 0 Å². The molecule has 4 aromatic rings. The lowest BCUT2D eigenvalue weighted by molar-refractivity contribution is -0.132. The number of carbonyl (C=O) groups excluding carboxylic acids is 1. The van der Waals surface area contributed by atoms with Crippen LogP contribution in [0, 0.1) is 19.8 Å². The highest BCUT2D eigenvalue weighted by atomic mass is 35.5. The van der Waals surface area contributed by atoms with Gasteiger partial charge in [-0.2, -0.15) is 8.61 Å². The van der Waals surface area contributed by atoms with Crippen LogP contribution in [0.15, 0.2) is 107 Å². The number of sulfonamides is 2. The number of aryl methyl sites for hydroxylation is 2. The summed E-state index contributed by atoms with van der Waals surface area (Å²) in [5.74, 6) is -1.08. The van der Waals surface area contributed by atoms with Crippen molar-refractivity contribution in [1.29, 1.82) is 0 Å². The molecule has 0 N–H and O–H groups in total. The molecule has 2 saturated heterocycles. The van der Waals surface area contributed by atoms with Gasteiger partial charge < -0.3 is 0 Å². The zero-order valence-electron chi connectivity index (χ0n) is 24.7. The van der Waals surface area contributed by atoms with Crippen LogP contribution < -0.4 is 0 Å². The van der Waals surface area contributed by atoms with E-state index in [1.165, 1.54) is 8.61 Å². The first-order valence-corrected chi connectivity index (χ1v) is 18.2. The molecule has 0 bridgehead atoms. The first-order chi connectivity index (χ1) is 21.4. The van der Waals surface area contributed by atoms with E-state index in [2.05, 4.69) is 0 Å². The lowest BCUT2D eigenvalue weighted by atomic mass is 9.77. The molecule has 0 saturated carbocycles. The number of nitrogens with zero attached hydrogens (tertiary/aromatic N) is 2. The summed E-state index contributed by atoms with van der Waals surface area (Å²) in [7, 11) is -8.25. The van der Waals surface area contributed by atoms with E-state index in [0.717, 1.165) is 5.56 Å². The minimum Gasteiger partial charge on any atom is -0.299 e. The molecule has 234 valence electrons. The fourth-order valence-electron chi connectivity index (χ4n) is 6.60. The maximum atomic E-state index is 14.7. The molecule has 2 heterocycles. The van der Waals surface area contributed by atoms with Gasteiger partial charge in [0, 0.05) is 35.0 Å². The molecule has 6 rings (SSSR count). The predicted molar refractivity (Wildman–Crippen MR) is 175 cm³/mol. The van der Waals surface area contributed by atoms with E-state index < -0.39 is 44.1 Å². The fourth-order valence-corrected chi connectivity index (χ4v) is 10.6. The maximum Gasteiger partial charge on any atom is 0.244 e. The second kappa shape index (κ2) is 12.3. The number of benzene rings is 4. The molecule has 0 amide bonds. The van der Waals surface area contributed by atoms with E-state index in [-0.39, 0.29) is 35.0 Å². The second-order valence-electron chi connectivity index (χ2n) is 11.7. The van der Waals surface area contributed by atoms with Crippen molar-refractivity contribution >= 4 is 49.0 Å². The molecule has 0 aromatic heterocycles. The molecule has 0 spiro atoms. The fraction of sp³-hybridized carbons (Fsp3) is 0.265. The largest absolute Gasteiger partial charge is 0.299 e. The first-order valence-electron chi connectivity index (χ1n) is 14.6. The number of carbonyl (C=O) groups is 1. The summed E-state index contributed by atoms with van der Waals surface area (Å²) >= 11 is 12.6. The zero-order chi connectivity index (χ0) is 32.1. The number of hydrogen-bond donors (Lipinski definition) is 0. The van der Waals surface area contributed by atoms with Gasteiger partial charge in [0.05, 0.1) is 21.9 Å². The van der Waals surface area contributed by atoms with Crippen LogP contribution in [-0.2, 0) is 24.8 Å². The third-order valence-corrected chi connectivity index (χ3v) is 13.3. The van der Waals surface area contributed by atoms with Crippen LogP contribution in [0.1, 0.15) is 47.2 Å². The molecule has 2 fully saturated rings. The Morgan fingerprint density at radius 2 is 1.40 bits per heavy atom. The van der Waals surface area contributed by atoms with Crippen molar-refractivity contribution in [3.05, 3.63) is 129 Å². The summed E-state index contributed by atoms with van der Waals surface area (Å²) in [6.45, 7) is 3.43. The third kappa shape index (κ3) is 5.98. The number of piperidine rings is 2. The number of rotatable bonds is 6. The molecule has 4 aromatic carbocycles. The van der Waals surface area contributed by atoms with Gasteiger partial charge in [0.15, 0.2) is 0 Å². The number of fused-ring (bicyclic) bond motifs is 1. The molecule has 11 heteroatoms. The van der Waals surface area contributed by atoms with Gasteiger partial charge >= 0.3 is 0 Å². The highest BCUT2D eigenvalue weighted by Crippen LogP contribution is 2.48. The van der Waals surface area contributed by atoms with Crippen LogP contribution >= 0.6 is 23.2 Å². The summed E-state index contributed by atoms with van der Waals surface area (Å²) in [4.78, 5) is 14.3. The first kappa shape index (κ1) is 31.9. The Bertz CT molecular complexity index is 1970. The normalized spacial score (nSPS) is 23.1. The number of halogens is 2. The average molecular weight is 684 g/mol. The Balaban J connectivity index is 1.52. The molecule has 1 unspecified atom stereocenters. The van der Waals surface area contributed by atoms with E-state index in [0.29, 0.717) is 26.7 Å². The van der Waals surface area contributed by atoms with Crippen molar-refractivity contribution in [3.63, 3.8) is 0 Å². The maximum absolute atomic E-state index is 14.7. The number of Topliss-reactive ketones (excluding diaryl/α,β-unsaturated/α-hetero) is 1. The topological polar surface area (TPSA) is 91.8 Å². The predicted octanol–water partition coefficient (Wildman–Crippen LogP) is 7.14. The zero-order valence-corrected chi connectivity index (χ0v) is 27.8. The Morgan fingerprint density at radius 1 is 0.711 bits per heavy atom. The number of ketones is 1. The van der Waals surface area contributed by atoms with Crippen LogP contribution in [0.25, 0.3) is 0 Å². The molecule has 0 aliphatic carbocycles. The van der Waals surface area contributed by atoms with Crippen molar-refractivity contribution < 1.29 is 21.6 Å². The standard InChI is InChI=1S/C34H32Cl2N2O5S2/c1-22-10-16-28(17-11-22)44(40,41)37-21-29-32(19-30(37)25-7-5-8-27(36)18-25)38(45(42,43)34-9-4-3-6-23(34)2)31(20-33(29)39)24-12-14-26(35)15-13-24/h3-18,29-32H,19-21H2,1-2H3/t29-,30+,31?,32+/m1/s1. The van der Waals surface area contributed by atoms with Crippen molar-refractivity contribution in [2.45, 2.75) is 54.6 Å². The van der Waals surface area contributed by atoms with Gasteiger partial charge in [-0.3, -0.25) is 4.79 Å².